The molecule has 0 bridgehead atoms. The van der Waals surface area contributed by atoms with Crippen molar-refractivity contribution in [2.45, 2.75) is 18.9 Å². The van der Waals surface area contributed by atoms with Crippen molar-refractivity contribution in [2.75, 3.05) is 25.6 Å². The number of aliphatic hydroxyl groups excluding tert-OH is 1. The Hall–Kier alpha value is -2.38. The molecule has 0 fully saturated rings. The summed E-state index contributed by atoms with van der Waals surface area (Å²) in [6.45, 7) is 1.85. The van der Waals surface area contributed by atoms with E-state index in [1.807, 2.05) is 0 Å². The van der Waals surface area contributed by atoms with Crippen molar-refractivity contribution in [1.82, 2.24) is 5.32 Å². The summed E-state index contributed by atoms with van der Waals surface area (Å²) >= 11 is 0. The Balaban J connectivity index is 2.12. The smallest absolute Gasteiger partial charge is 0.319 e. The summed E-state index contributed by atoms with van der Waals surface area (Å²) in [4.78, 5) is 12.2. The lowest BCUT2D eigenvalue weighted by Gasteiger charge is -2.29. The molecule has 0 aliphatic heterocycles. The maximum absolute atomic E-state index is 14.0. The van der Waals surface area contributed by atoms with Gasteiger partial charge in [-0.05, 0) is 43.7 Å². The van der Waals surface area contributed by atoms with E-state index < -0.39 is 17.4 Å². The summed E-state index contributed by atoms with van der Waals surface area (Å²) in [6, 6.07) is 7.21. The molecule has 1 aromatic carbocycles. The molecule has 0 unspecified atom stereocenters. The van der Waals surface area contributed by atoms with E-state index in [2.05, 4.69) is 10.6 Å². The fourth-order valence-electron chi connectivity index (χ4n) is 2.38. The number of amides is 2. The maximum Gasteiger partial charge on any atom is 0.319 e. The predicted molar refractivity (Wildman–Crippen MR) is 88.2 cm³/mol. The topological polar surface area (TPSA) is 83.7 Å². The highest BCUT2D eigenvalue weighted by atomic mass is 19.1. The second kappa shape index (κ2) is 7.94. The summed E-state index contributed by atoms with van der Waals surface area (Å²) in [5.41, 5.74) is -0.0836. The number of hydrogen-bond acceptors (Lipinski definition) is 4. The highest BCUT2D eigenvalue weighted by Crippen LogP contribution is 2.25. The average Bonchev–Trinajstić information content (AvgIpc) is 3.04. The summed E-state index contributed by atoms with van der Waals surface area (Å²) in [7, 11) is 1.50. The van der Waals surface area contributed by atoms with Crippen molar-refractivity contribution in [2.24, 2.45) is 0 Å². The van der Waals surface area contributed by atoms with E-state index >= 15 is 0 Å². The Kier molecular flexibility index (Phi) is 5.94. The molecule has 0 saturated heterocycles. The molecule has 2 amide bonds. The first-order valence-electron chi connectivity index (χ1n) is 7.50. The number of methoxy groups -OCH3 is 1. The number of rotatable bonds is 7. The molecule has 130 valence electrons. The van der Waals surface area contributed by atoms with E-state index in [0.717, 1.165) is 0 Å². The van der Waals surface area contributed by atoms with Gasteiger partial charge in [0.2, 0.25) is 0 Å². The van der Waals surface area contributed by atoms with Crippen molar-refractivity contribution in [3.63, 3.8) is 0 Å². The number of furan rings is 1. The monoisotopic (exact) mass is 336 g/mol. The molecular formula is C17H21FN2O4. The molecule has 6 nitrogen and oxygen atoms in total. The van der Waals surface area contributed by atoms with Gasteiger partial charge in [0.15, 0.2) is 0 Å². The number of halogens is 1. The first kappa shape index (κ1) is 18.0. The quantitative estimate of drug-likeness (QED) is 0.726. The fourth-order valence-corrected chi connectivity index (χ4v) is 2.38. The Morgan fingerprint density at radius 3 is 2.83 bits per heavy atom. The number of hydrogen-bond donors (Lipinski definition) is 3. The maximum atomic E-state index is 14.0. The van der Waals surface area contributed by atoms with Gasteiger partial charge in [0.1, 0.15) is 11.6 Å². The number of urea groups is 1. The van der Waals surface area contributed by atoms with Gasteiger partial charge in [-0.15, -0.1) is 0 Å². The van der Waals surface area contributed by atoms with Crippen molar-refractivity contribution < 1.29 is 23.4 Å². The van der Waals surface area contributed by atoms with Gasteiger partial charge in [0, 0.05) is 19.3 Å². The van der Waals surface area contributed by atoms with E-state index in [9.17, 15) is 9.18 Å². The van der Waals surface area contributed by atoms with E-state index in [1.165, 1.54) is 25.5 Å². The molecule has 3 N–H and O–H groups in total. The Labute approximate surface area is 139 Å². The molecule has 1 atom stereocenters. The zero-order chi connectivity index (χ0) is 17.6. The van der Waals surface area contributed by atoms with Crippen LogP contribution in [-0.2, 0) is 4.74 Å². The van der Waals surface area contributed by atoms with Crippen LogP contribution in [0.25, 0.3) is 11.3 Å². The largest absolute Gasteiger partial charge is 0.464 e. The second-order valence-corrected chi connectivity index (χ2v) is 5.72. The van der Waals surface area contributed by atoms with Gasteiger partial charge in [-0.1, -0.05) is 0 Å². The lowest BCUT2D eigenvalue weighted by Crippen LogP contribution is -2.51. The van der Waals surface area contributed by atoms with Crippen molar-refractivity contribution >= 4 is 11.7 Å². The zero-order valence-corrected chi connectivity index (χ0v) is 13.6. The minimum Gasteiger partial charge on any atom is -0.464 e. The molecule has 2 rings (SSSR count). The van der Waals surface area contributed by atoms with Crippen LogP contribution in [0.2, 0.25) is 0 Å². The standard InChI is InChI=1S/C17H21FN2O4/c1-17(7-8-21,11-23-2)20-16(22)19-14-10-12(5-6-13(14)18)15-4-3-9-24-15/h3-6,9-10,21H,7-8,11H2,1-2H3,(H2,19,20,22)/t17-/m1/s1. The SMILES string of the molecule is COC[C@@](C)(CCO)NC(=O)Nc1cc(-c2ccco2)ccc1F. The van der Waals surface area contributed by atoms with Crippen LogP contribution in [0.1, 0.15) is 13.3 Å². The van der Waals surface area contributed by atoms with Gasteiger partial charge in [-0.25, -0.2) is 9.18 Å². The summed E-state index contributed by atoms with van der Waals surface area (Å²) < 4.78 is 24.3. The van der Waals surface area contributed by atoms with Crippen LogP contribution in [-0.4, -0.2) is 37.0 Å². The highest BCUT2D eigenvalue weighted by molar-refractivity contribution is 5.90. The molecule has 0 radical (unpaired) electrons. The number of aliphatic hydroxyl groups is 1. The number of ether oxygens (including phenoxy) is 1. The second-order valence-electron chi connectivity index (χ2n) is 5.72. The molecule has 0 aliphatic carbocycles. The van der Waals surface area contributed by atoms with E-state index in [4.69, 9.17) is 14.3 Å². The summed E-state index contributed by atoms with van der Waals surface area (Å²) in [5, 5.41) is 14.3. The molecule has 0 spiro atoms. The third kappa shape index (κ3) is 4.56. The lowest BCUT2D eigenvalue weighted by molar-refractivity contribution is 0.104. The van der Waals surface area contributed by atoms with Gasteiger partial charge >= 0.3 is 6.03 Å². The minimum atomic E-state index is -0.761. The van der Waals surface area contributed by atoms with Crippen LogP contribution >= 0.6 is 0 Å². The Morgan fingerprint density at radius 1 is 1.42 bits per heavy atom. The van der Waals surface area contributed by atoms with Crippen LogP contribution in [0, 0.1) is 5.82 Å². The van der Waals surface area contributed by atoms with Crippen LogP contribution < -0.4 is 10.6 Å². The number of nitrogens with one attached hydrogen (secondary N) is 2. The van der Waals surface area contributed by atoms with E-state index in [0.29, 0.717) is 17.7 Å². The number of anilines is 1. The van der Waals surface area contributed by atoms with Gasteiger partial charge in [0.05, 0.1) is 24.1 Å². The lowest BCUT2D eigenvalue weighted by atomic mass is 10.00. The van der Waals surface area contributed by atoms with Crippen LogP contribution in [0.4, 0.5) is 14.9 Å². The van der Waals surface area contributed by atoms with Gasteiger partial charge in [-0.2, -0.15) is 0 Å². The van der Waals surface area contributed by atoms with Crippen molar-refractivity contribution in [3.8, 4) is 11.3 Å². The Bertz CT molecular complexity index is 667. The molecule has 0 saturated carbocycles. The third-order valence-corrected chi connectivity index (χ3v) is 3.56. The minimum absolute atomic E-state index is 0.0326. The molecular weight excluding hydrogens is 315 g/mol. The zero-order valence-electron chi connectivity index (χ0n) is 13.6. The normalized spacial score (nSPS) is 13.3. The van der Waals surface area contributed by atoms with Crippen molar-refractivity contribution in [3.05, 3.63) is 42.4 Å². The highest BCUT2D eigenvalue weighted by Gasteiger charge is 2.26. The molecule has 24 heavy (non-hydrogen) atoms. The van der Waals surface area contributed by atoms with E-state index in [1.54, 1.807) is 25.1 Å². The molecule has 0 aliphatic rings. The van der Waals surface area contributed by atoms with Gasteiger partial charge in [0.25, 0.3) is 0 Å². The molecule has 1 aromatic heterocycles. The number of benzene rings is 1. The van der Waals surface area contributed by atoms with Gasteiger partial charge < -0.3 is 24.9 Å². The summed E-state index contributed by atoms with van der Waals surface area (Å²) in [6.07, 6.45) is 1.83. The molecule has 2 aromatic rings. The average molecular weight is 336 g/mol. The Morgan fingerprint density at radius 2 is 2.21 bits per heavy atom. The number of carbonyl (C=O) groups is 1. The summed E-state index contributed by atoms with van der Waals surface area (Å²) in [5.74, 6) is 0.0130. The fraction of sp³-hybridized carbons (Fsp3) is 0.353. The number of carbonyl (C=O) groups excluding carboxylic acids is 1. The van der Waals surface area contributed by atoms with Crippen LogP contribution in [0.15, 0.2) is 41.0 Å². The predicted octanol–water partition coefficient (Wildman–Crippen LogP) is 2.99. The first-order chi connectivity index (χ1) is 11.5. The van der Waals surface area contributed by atoms with E-state index in [-0.39, 0.29) is 18.9 Å². The van der Waals surface area contributed by atoms with Crippen LogP contribution in [0.5, 0.6) is 0 Å². The van der Waals surface area contributed by atoms with Crippen LogP contribution in [0.3, 0.4) is 0 Å². The molecule has 1 heterocycles. The molecule has 7 heteroatoms. The van der Waals surface area contributed by atoms with Gasteiger partial charge in [-0.3, -0.25) is 0 Å². The van der Waals surface area contributed by atoms with Crippen molar-refractivity contribution in [1.29, 1.82) is 0 Å². The third-order valence-electron chi connectivity index (χ3n) is 3.56. The first-order valence-corrected chi connectivity index (χ1v) is 7.50.